The van der Waals surface area contributed by atoms with E-state index in [0.29, 0.717) is 0 Å². The van der Waals surface area contributed by atoms with Crippen LogP contribution in [0.3, 0.4) is 0 Å². The Morgan fingerprint density at radius 3 is 2.65 bits per heavy atom. The van der Waals surface area contributed by atoms with E-state index in [1.54, 1.807) is 6.92 Å². The van der Waals surface area contributed by atoms with Crippen molar-refractivity contribution < 1.29 is 27.8 Å². The van der Waals surface area contributed by atoms with Crippen molar-refractivity contribution in [2.75, 3.05) is 13.2 Å². The zero-order valence-corrected chi connectivity index (χ0v) is 9.90. The lowest BCUT2D eigenvalue weighted by atomic mass is 10.2. The molecule has 7 nitrogen and oxygen atoms in total. The number of nitrogens with one attached hydrogen (secondary N) is 1. The van der Waals surface area contributed by atoms with Gasteiger partial charge in [0.05, 0.1) is 0 Å². The molecule has 0 spiro atoms. The molecule has 1 rings (SSSR count). The topological polar surface area (TPSA) is 117 Å². The van der Waals surface area contributed by atoms with Crippen LogP contribution in [0.2, 0.25) is 0 Å². The molecule has 17 heavy (non-hydrogen) atoms. The van der Waals surface area contributed by atoms with Gasteiger partial charge in [0.15, 0.2) is 0 Å². The molecule has 1 aromatic heterocycles. The molecule has 96 valence electrons. The molecule has 0 aliphatic heterocycles. The third-order valence-corrected chi connectivity index (χ3v) is 3.29. The van der Waals surface area contributed by atoms with Gasteiger partial charge in [-0.25, -0.2) is 17.9 Å². The van der Waals surface area contributed by atoms with Crippen LogP contribution >= 0.6 is 0 Å². The Morgan fingerprint density at radius 1 is 1.53 bits per heavy atom. The van der Waals surface area contributed by atoms with Gasteiger partial charge in [-0.3, -0.25) is 0 Å². The number of sulfonamides is 1. The fourth-order valence-electron chi connectivity index (χ4n) is 0.967. The van der Waals surface area contributed by atoms with Gasteiger partial charge in [0.25, 0.3) is 10.0 Å². The molecule has 0 saturated carbocycles. The smallest absolute Gasteiger partial charge is 0.371 e. The molecule has 1 aromatic rings. The second-order valence-corrected chi connectivity index (χ2v) is 5.26. The number of aromatic carboxylic acids is 1. The van der Waals surface area contributed by atoms with Crippen LogP contribution in [0.1, 0.15) is 17.5 Å². The standard InChI is InChI=1S/C9H13NO6S/c1-6(5-11)4-10-17(14,15)8-3-2-7(16-8)9(12)13/h2-3,6,10-11H,4-5H2,1H3,(H,12,13). The number of furan rings is 1. The van der Waals surface area contributed by atoms with Crippen molar-refractivity contribution in [2.45, 2.75) is 12.0 Å². The van der Waals surface area contributed by atoms with E-state index in [-0.39, 0.29) is 19.1 Å². The molecule has 0 radical (unpaired) electrons. The summed E-state index contributed by atoms with van der Waals surface area (Å²) in [4.78, 5) is 10.5. The summed E-state index contributed by atoms with van der Waals surface area (Å²) in [6.07, 6.45) is 0. The van der Waals surface area contributed by atoms with E-state index in [4.69, 9.17) is 10.2 Å². The highest BCUT2D eigenvalue weighted by atomic mass is 32.2. The molecule has 8 heteroatoms. The average Bonchev–Trinajstić information content (AvgIpc) is 2.76. The first-order valence-electron chi connectivity index (χ1n) is 4.80. The lowest BCUT2D eigenvalue weighted by Gasteiger charge is -2.08. The predicted octanol–water partition coefficient (Wildman–Crippen LogP) is -0.116. The Kier molecular flexibility index (Phi) is 4.27. The molecule has 0 amide bonds. The van der Waals surface area contributed by atoms with Gasteiger partial charge in [-0.05, 0) is 18.1 Å². The molecule has 1 heterocycles. The summed E-state index contributed by atoms with van der Waals surface area (Å²) < 4.78 is 30.1. The number of aliphatic hydroxyl groups excluding tert-OH is 1. The number of carbonyl (C=O) groups is 1. The van der Waals surface area contributed by atoms with E-state index >= 15 is 0 Å². The first-order chi connectivity index (χ1) is 7.86. The fraction of sp³-hybridized carbons (Fsp3) is 0.444. The third-order valence-electron chi connectivity index (χ3n) is 1.99. The van der Waals surface area contributed by atoms with Crippen LogP contribution in [0.25, 0.3) is 0 Å². The maximum absolute atomic E-state index is 11.6. The van der Waals surface area contributed by atoms with Crippen LogP contribution in [0.5, 0.6) is 0 Å². The maximum atomic E-state index is 11.6. The molecule has 0 bridgehead atoms. The van der Waals surface area contributed by atoms with Gasteiger partial charge >= 0.3 is 5.97 Å². The van der Waals surface area contributed by atoms with Gasteiger partial charge in [0.1, 0.15) is 0 Å². The van der Waals surface area contributed by atoms with Gasteiger partial charge < -0.3 is 14.6 Å². The second kappa shape index (κ2) is 5.30. The Morgan fingerprint density at radius 2 is 2.18 bits per heavy atom. The van der Waals surface area contributed by atoms with Crippen LogP contribution in [0.15, 0.2) is 21.6 Å². The molecule has 0 saturated heterocycles. The van der Waals surface area contributed by atoms with E-state index < -0.39 is 26.8 Å². The summed E-state index contributed by atoms with van der Waals surface area (Å²) in [5, 5.41) is 16.9. The van der Waals surface area contributed by atoms with Crippen molar-refractivity contribution in [3.63, 3.8) is 0 Å². The summed E-state index contributed by atoms with van der Waals surface area (Å²) >= 11 is 0. The SMILES string of the molecule is CC(CO)CNS(=O)(=O)c1ccc(C(=O)O)o1. The van der Waals surface area contributed by atoms with Gasteiger partial charge in [0, 0.05) is 13.2 Å². The number of carboxylic acids is 1. The average molecular weight is 263 g/mol. The Balaban J connectivity index is 2.79. The molecule has 1 unspecified atom stereocenters. The van der Waals surface area contributed by atoms with Gasteiger partial charge in [-0.1, -0.05) is 6.92 Å². The summed E-state index contributed by atoms with van der Waals surface area (Å²) in [6, 6.07) is 2.13. The van der Waals surface area contributed by atoms with Crippen LogP contribution in [0, 0.1) is 5.92 Å². The summed E-state index contributed by atoms with van der Waals surface area (Å²) in [6.45, 7) is 1.55. The van der Waals surface area contributed by atoms with Gasteiger partial charge in [-0.2, -0.15) is 0 Å². The van der Waals surface area contributed by atoms with E-state index in [1.165, 1.54) is 0 Å². The highest BCUT2D eigenvalue weighted by Crippen LogP contribution is 2.13. The summed E-state index contributed by atoms with van der Waals surface area (Å²) in [5.41, 5.74) is 0. The molecule has 0 fully saturated rings. The van der Waals surface area contributed by atoms with E-state index in [9.17, 15) is 13.2 Å². The largest absolute Gasteiger partial charge is 0.475 e. The molecule has 0 aliphatic rings. The zero-order chi connectivity index (χ0) is 13.1. The van der Waals surface area contributed by atoms with Crippen molar-refractivity contribution in [1.82, 2.24) is 4.72 Å². The Bertz CT molecular complexity index is 491. The molecule has 1 atom stereocenters. The van der Waals surface area contributed by atoms with Crippen LogP contribution in [0.4, 0.5) is 0 Å². The molecular weight excluding hydrogens is 250 g/mol. The lowest BCUT2D eigenvalue weighted by Crippen LogP contribution is -2.29. The van der Waals surface area contributed by atoms with Gasteiger partial charge in [-0.15, -0.1) is 0 Å². The minimum atomic E-state index is -3.87. The summed E-state index contributed by atoms with van der Waals surface area (Å²) in [7, 11) is -3.87. The van der Waals surface area contributed by atoms with Crippen molar-refractivity contribution in [1.29, 1.82) is 0 Å². The van der Waals surface area contributed by atoms with Crippen molar-refractivity contribution in [2.24, 2.45) is 5.92 Å². The zero-order valence-electron chi connectivity index (χ0n) is 9.08. The monoisotopic (exact) mass is 263 g/mol. The highest BCUT2D eigenvalue weighted by molar-refractivity contribution is 7.89. The molecule has 0 aliphatic carbocycles. The fourth-order valence-corrected chi connectivity index (χ4v) is 2.06. The van der Waals surface area contributed by atoms with Gasteiger partial charge in [0.2, 0.25) is 10.9 Å². The molecular formula is C9H13NO6S. The van der Waals surface area contributed by atoms with Crippen LogP contribution in [-0.2, 0) is 10.0 Å². The maximum Gasteiger partial charge on any atom is 0.371 e. The number of hydrogen-bond acceptors (Lipinski definition) is 5. The minimum Gasteiger partial charge on any atom is -0.475 e. The lowest BCUT2D eigenvalue weighted by molar-refractivity contribution is 0.0656. The van der Waals surface area contributed by atoms with Crippen LogP contribution in [-0.4, -0.2) is 37.8 Å². The Hall–Kier alpha value is -1.38. The Labute approximate surface area is 98.1 Å². The summed E-state index contributed by atoms with van der Waals surface area (Å²) in [5.74, 6) is -2.02. The molecule has 3 N–H and O–H groups in total. The van der Waals surface area contributed by atoms with E-state index in [0.717, 1.165) is 12.1 Å². The number of aliphatic hydroxyl groups is 1. The van der Waals surface area contributed by atoms with Crippen LogP contribution < -0.4 is 4.72 Å². The highest BCUT2D eigenvalue weighted by Gasteiger charge is 2.21. The number of rotatable bonds is 6. The third kappa shape index (κ3) is 3.55. The second-order valence-electron chi connectivity index (χ2n) is 3.56. The first kappa shape index (κ1) is 13.7. The van der Waals surface area contributed by atoms with E-state index in [2.05, 4.69) is 9.14 Å². The first-order valence-corrected chi connectivity index (χ1v) is 6.29. The van der Waals surface area contributed by atoms with Crippen molar-refractivity contribution in [3.05, 3.63) is 17.9 Å². The number of hydrogen-bond donors (Lipinski definition) is 3. The predicted molar refractivity (Wildman–Crippen MR) is 57.1 cm³/mol. The van der Waals surface area contributed by atoms with Crippen molar-refractivity contribution >= 4 is 16.0 Å². The molecule has 0 aromatic carbocycles. The van der Waals surface area contributed by atoms with Crippen molar-refractivity contribution in [3.8, 4) is 0 Å². The normalized spacial score (nSPS) is 13.5. The minimum absolute atomic E-state index is 0.0436. The number of carboxylic acid groups (broad SMARTS) is 1. The quantitative estimate of drug-likeness (QED) is 0.659. The van der Waals surface area contributed by atoms with E-state index in [1.807, 2.05) is 0 Å².